The molecule has 0 aliphatic carbocycles. The van der Waals surface area contributed by atoms with Crippen LogP contribution in [0.4, 0.5) is 0 Å². The molecule has 0 spiro atoms. The lowest BCUT2D eigenvalue weighted by Gasteiger charge is -2.34. The molecule has 2 fully saturated rings. The van der Waals surface area contributed by atoms with Crippen LogP contribution in [0.15, 0.2) is 15.7 Å². The van der Waals surface area contributed by atoms with Crippen molar-refractivity contribution in [2.45, 2.75) is 51.2 Å². The van der Waals surface area contributed by atoms with E-state index in [1.165, 1.54) is 7.05 Å². The van der Waals surface area contributed by atoms with Crippen LogP contribution in [0.2, 0.25) is 0 Å². The predicted molar refractivity (Wildman–Crippen MR) is 90.8 cm³/mol. The smallest absolute Gasteiger partial charge is 0.330 e. The number of aromatic nitrogens is 2. The third-order valence-electron chi connectivity index (χ3n) is 5.55. The first-order valence-electron chi connectivity index (χ1n) is 8.67. The Balaban J connectivity index is 1.84. The van der Waals surface area contributed by atoms with Crippen LogP contribution < -0.4 is 11.2 Å². The average Bonchev–Trinajstić information content (AvgIpc) is 3.18. The molecule has 0 saturated carbocycles. The Hall–Kier alpha value is -1.89. The van der Waals surface area contributed by atoms with E-state index >= 15 is 0 Å². The minimum absolute atomic E-state index is 0.144. The Kier molecular flexibility index (Phi) is 4.62. The van der Waals surface area contributed by atoms with Gasteiger partial charge in [-0.3, -0.25) is 23.6 Å². The Labute approximate surface area is 141 Å². The zero-order valence-electron chi connectivity index (χ0n) is 14.7. The summed E-state index contributed by atoms with van der Waals surface area (Å²) in [6.07, 6.45) is 4.24. The number of hydrogen-bond acceptors (Lipinski definition) is 4. The second-order valence-corrected chi connectivity index (χ2v) is 6.98. The molecule has 0 N–H and O–H groups in total. The van der Waals surface area contributed by atoms with Crippen molar-refractivity contribution in [3.63, 3.8) is 0 Å². The van der Waals surface area contributed by atoms with Crippen molar-refractivity contribution in [1.29, 1.82) is 0 Å². The van der Waals surface area contributed by atoms with E-state index in [9.17, 15) is 14.4 Å². The Morgan fingerprint density at radius 2 is 1.75 bits per heavy atom. The number of likely N-dealkylation sites (tertiary alicyclic amines) is 2. The van der Waals surface area contributed by atoms with Crippen molar-refractivity contribution in [2.24, 2.45) is 14.1 Å². The maximum absolute atomic E-state index is 12.1. The molecule has 3 heterocycles. The highest BCUT2D eigenvalue weighted by molar-refractivity contribution is 5.74. The molecular weight excluding hydrogens is 308 g/mol. The molecule has 2 saturated heterocycles. The van der Waals surface area contributed by atoms with E-state index in [1.807, 2.05) is 4.90 Å². The molecule has 3 rings (SSSR count). The topological polar surface area (TPSA) is 67.6 Å². The second-order valence-electron chi connectivity index (χ2n) is 6.98. The van der Waals surface area contributed by atoms with Gasteiger partial charge in [-0.2, -0.15) is 0 Å². The number of carbonyl (C=O) groups is 1. The van der Waals surface area contributed by atoms with E-state index in [0.717, 1.165) is 49.0 Å². The molecule has 2 aliphatic rings. The quantitative estimate of drug-likeness (QED) is 0.784. The largest absolute Gasteiger partial charge is 0.338 e. The number of nitrogens with zero attached hydrogens (tertiary/aromatic N) is 4. The molecule has 1 amide bonds. The summed E-state index contributed by atoms with van der Waals surface area (Å²) < 4.78 is 2.67. The molecular formula is C17H26N4O3. The van der Waals surface area contributed by atoms with Gasteiger partial charge in [-0.1, -0.05) is 0 Å². The monoisotopic (exact) mass is 334 g/mol. The summed E-state index contributed by atoms with van der Waals surface area (Å²) in [6, 6.07) is 2.12. The molecule has 7 nitrogen and oxygen atoms in total. The summed E-state index contributed by atoms with van der Waals surface area (Å²) >= 11 is 0. The van der Waals surface area contributed by atoms with Crippen molar-refractivity contribution >= 4 is 5.91 Å². The van der Waals surface area contributed by atoms with Crippen LogP contribution in [0.1, 0.15) is 38.3 Å². The van der Waals surface area contributed by atoms with Crippen LogP contribution in [0.5, 0.6) is 0 Å². The zero-order valence-corrected chi connectivity index (χ0v) is 14.7. The lowest BCUT2D eigenvalue weighted by molar-refractivity contribution is -0.130. The Bertz CT molecular complexity index is 751. The van der Waals surface area contributed by atoms with Gasteiger partial charge >= 0.3 is 5.69 Å². The summed E-state index contributed by atoms with van der Waals surface area (Å²) in [5.41, 5.74) is 0.178. The molecule has 0 unspecified atom stereocenters. The number of amides is 1. The summed E-state index contributed by atoms with van der Waals surface area (Å²) in [5, 5.41) is 0. The van der Waals surface area contributed by atoms with Gasteiger partial charge in [-0.05, 0) is 32.2 Å². The maximum Gasteiger partial charge on any atom is 0.330 e. The van der Waals surface area contributed by atoms with Gasteiger partial charge in [0.2, 0.25) is 5.91 Å². The third-order valence-corrected chi connectivity index (χ3v) is 5.55. The summed E-state index contributed by atoms with van der Waals surface area (Å²) in [5.74, 6) is 0.144. The highest BCUT2D eigenvalue weighted by atomic mass is 16.2. The lowest BCUT2D eigenvalue weighted by atomic mass is 10.0. The van der Waals surface area contributed by atoms with Crippen LogP contribution in [-0.4, -0.2) is 50.0 Å². The number of carbonyl (C=O) groups excluding carboxylic acids is 1. The van der Waals surface area contributed by atoms with Crippen molar-refractivity contribution in [1.82, 2.24) is 18.9 Å². The minimum Gasteiger partial charge on any atom is -0.338 e. The van der Waals surface area contributed by atoms with Crippen LogP contribution in [0, 0.1) is 0 Å². The SMILES string of the molecule is CC(=O)N1CCC[C@@H]1[C@H]1CCCN1Cc1cc(=O)n(C)c(=O)n1C. The Morgan fingerprint density at radius 1 is 1.08 bits per heavy atom. The van der Waals surface area contributed by atoms with Crippen molar-refractivity contribution in [3.8, 4) is 0 Å². The van der Waals surface area contributed by atoms with Gasteiger partial charge < -0.3 is 4.90 Å². The first-order valence-corrected chi connectivity index (χ1v) is 8.67. The molecule has 24 heavy (non-hydrogen) atoms. The molecule has 1 aromatic rings. The number of rotatable bonds is 3. The van der Waals surface area contributed by atoms with Crippen LogP contribution in [-0.2, 0) is 25.4 Å². The summed E-state index contributed by atoms with van der Waals surface area (Å²) in [7, 11) is 3.20. The first-order chi connectivity index (χ1) is 11.4. The average molecular weight is 334 g/mol. The molecule has 2 atom stereocenters. The van der Waals surface area contributed by atoms with Gasteiger partial charge in [0.15, 0.2) is 0 Å². The minimum atomic E-state index is -0.292. The standard InChI is InChI=1S/C17H26N4O3/c1-12(22)21-9-5-7-15(21)14-6-4-8-20(14)11-13-10-16(23)19(3)17(24)18(13)2/h10,14-15H,4-9,11H2,1-3H3/t14-,15-/m1/s1. The molecule has 7 heteroatoms. The van der Waals surface area contributed by atoms with Gasteiger partial charge in [-0.25, -0.2) is 4.79 Å². The van der Waals surface area contributed by atoms with Gasteiger partial charge in [0.25, 0.3) is 5.56 Å². The summed E-state index contributed by atoms with van der Waals surface area (Å²) in [6.45, 7) is 4.00. The van der Waals surface area contributed by atoms with E-state index in [0.29, 0.717) is 12.6 Å². The van der Waals surface area contributed by atoms with Crippen molar-refractivity contribution in [3.05, 3.63) is 32.6 Å². The van der Waals surface area contributed by atoms with Crippen molar-refractivity contribution in [2.75, 3.05) is 13.1 Å². The predicted octanol–water partition coefficient (Wildman–Crippen LogP) is 0.0593. The van der Waals surface area contributed by atoms with Crippen LogP contribution >= 0.6 is 0 Å². The van der Waals surface area contributed by atoms with E-state index in [-0.39, 0.29) is 23.2 Å². The maximum atomic E-state index is 12.1. The van der Waals surface area contributed by atoms with Crippen LogP contribution in [0.25, 0.3) is 0 Å². The first kappa shape index (κ1) is 17.0. The summed E-state index contributed by atoms with van der Waals surface area (Å²) in [4.78, 5) is 40.3. The molecule has 0 aromatic carbocycles. The van der Waals surface area contributed by atoms with Gasteiger partial charge in [-0.15, -0.1) is 0 Å². The fourth-order valence-electron chi connectivity index (χ4n) is 4.21. The van der Waals surface area contributed by atoms with Gasteiger partial charge in [0.05, 0.1) is 0 Å². The van der Waals surface area contributed by atoms with Gasteiger partial charge in [0, 0.05) is 58.0 Å². The van der Waals surface area contributed by atoms with Crippen molar-refractivity contribution < 1.29 is 4.79 Å². The highest BCUT2D eigenvalue weighted by Gasteiger charge is 2.38. The fourth-order valence-corrected chi connectivity index (χ4v) is 4.21. The zero-order chi connectivity index (χ0) is 17.4. The molecule has 0 bridgehead atoms. The van der Waals surface area contributed by atoms with Gasteiger partial charge in [0.1, 0.15) is 0 Å². The molecule has 132 valence electrons. The van der Waals surface area contributed by atoms with E-state index in [2.05, 4.69) is 4.90 Å². The second kappa shape index (κ2) is 6.55. The van der Waals surface area contributed by atoms with Crippen LogP contribution in [0.3, 0.4) is 0 Å². The van der Waals surface area contributed by atoms with E-state index in [1.54, 1.807) is 24.6 Å². The molecule has 2 aliphatic heterocycles. The third kappa shape index (κ3) is 2.92. The highest BCUT2D eigenvalue weighted by Crippen LogP contribution is 2.30. The Morgan fingerprint density at radius 3 is 2.46 bits per heavy atom. The fraction of sp³-hybridized carbons (Fsp3) is 0.706. The molecule has 1 aromatic heterocycles. The normalized spacial score (nSPS) is 24.7. The van der Waals surface area contributed by atoms with E-state index in [4.69, 9.17) is 0 Å². The number of hydrogen-bond donors (Lipinski definition) is 0. The molecule has 0 radical (unpaired) electrons. The lowest BCUT2D eigenvalue weighted by Crippen LogP contribution is -2.48. The van der Waals surface area contributed by atoms with E-state index < -0.39 is 0 Å².